The molecule has 10 N–H and O–H groups in total. The Morgan fingerprint density at radius 1 is 1.00 bits per heavy atom. The summed E-state index contributed by atoms with van der Waals surface area (Å²) in [6.07, 6.45) is 0.844. The molecular weight excluding hydrogens is 1050 g/mol. The third-order valence-electron chi connectivity index (χ3n) is 13.0. The Labute approximate surface area is 424 Å². The Balaban J connectivity index is 0.938. The molecule has 3 aromatic rings. The number of nitrogens with zero attached hydrogens (tertiary/aromatic N) is 4. The number of aromatic nitrogens is 4. The molecule has 23 nitrogen and oxygen atoms in total. The van der Waals surface area contributed by atoms with Gasteiger partial charge in [0.05, 0.1) is 18.3 Å². The van der Waals surface area contributed by atoms with E-state index in [4.69, 9.17) is 9.47 Å². The van der Waals surface area contributed by atoms with Crippen LogP contribution in [0, 0.1) is 5.92 Å². The van der Waals surface area contributed by atoms with Crippen molar-refractivity contribution in [3.63, 3.8) is 0 Å². The van der Waals surface area contributed by atoms with Gasteiger partial charge in [-0.3, -0.25) is 14.6 Å². The average Bonchev–Trinajstić information content (AvgIpc) is 3.92. The van der Waals surface area contributed by atoms with Crippen LogP contribution >= 0.6 is 19.8 Å². The number of imidazole rings is 1. The van der Waals surface area contributed by atoms with Gasteiger partial charge in [0.25, 0.3) is 0 Å². The van der Waals surface area contributed by atoms with Gasteiger partial charge >= 0.3 is 181 Å². The summed E-state index contributed by atoms with van der Waals surface area (Å²) in [5, 5.41) is 48.9. The van der Waals surface area contributed by atoms with E-state index in [-0.39, 0.29) is 66.3 Å². The third kappa shape index (κ3) is 13.0. The number of halogens is 1. The standard InChI is InChI=1S/C48H68IN11O12/c1-8-12-30(9-2)60-25-52-37-40(50-24-51-41(37)60)57-44-39(65)38(64)36(32(22-61)72-44)56-46(69)48(18-19-48)58-47(70)71-23-28-13-15-29(16-14-28)54-42(66)27(7)53-43(67)35(26(5)6)55-33(62)17-20-59-34(63)21-31(45(59)68)49(10-3)11-4/h9,13-16,24-27,31-32,35-36,38-39,44,61,64-65H,8,10-12,17-23H2,1-7H3,(H6,50,51,53,54,55,56,57,58,62,66,67,69,70)/p+1/b30-9-/t27-,31?,32-,35-,36-,38+,39-,44-/m0/s1. The number of benzene rings is 1. The van der Waals surface area contributed by atoms with Crippen molar-refractivity contribution >= 4 is 89.7 Å². The molecule has 8 atom stereocenters. The minimum absolute atomic E-state index is 0.0619. The number of carbonyl (C=O) groups is 7. The Bertz CT molecular complexity index is 2480. The van der Waals surface area contributed by atoms with Crippen LogP contribution in [0.2, 0.25) is 0 Å². The molecule has 2 aromatic heterocycles. The number of anilines is 2. The maximum atomic E-state index is 13.6. The monoisotopic (exact) mass is 1120 g/mol. The first-order chi connectivity index (χ1) is 34.4. The first-order valence-electron chi connectivity index (χ1n) is 24.4. The number of aromatic amines is 1. The van der Waals surface area contributed by atoms with Crippen LogP contribution in [0.5, 0.6) is 0 Å². The number of fused-ring (bicyclic) bond motifs is 1. The zero-order valence-corrected chi connectivity index (χ0v) is 43.9. The Morgan fingerprint density at radius 2 is 1.71 bits per heavy atom. The largest absolute Gasteiger partial charge is 0.388 e. The van der Waals surface area contributed by atoms with Gasteiger partial charge in [-0.2, -0.15) is 4.98 Å². The van der Waals surface area contributed by atoms with E-state index in [9.17, 15) is 48.9 Å². The molecule has 0 radical (unpaired) electrons. The predicted molar refractivity (Wildman–Crippen MR) is 272 cm³/mol. The topological polar surface area (TPSA) is 320 Å². The molecule has 1 aromatic carbocycles. The minimum atomic E-state index is -1.61. The molecule has 1 aliphatic carbocycles. The molecule has 7 amide bonds. The van der Waals surface area contributed by atoms with E-state index < -0.39 is 104 Å². The van der Waals surface area contributed by atoms with Crippen LogP contribution in [0.4, 0.5) is 16.3 Å². The van der Waals surface area contributed by atoms with Crippen molar-refractivity contribution in [2.45, 2.75) is 146 Å². The number of carbonyl (C=O) groups excluding carboxylic acids is 7. The van der Waals surface area contributed by atoms with Crippen LogP contribution < -0.4 is 36.5 Å². The van der Waals surface area contributed by atoms with E-state index in [1.807, 2.05) is 31.4 Å². The molecule has 1 unspecified atom stereocenters. The van der Waals surface area contributed by atoms with E-state index in [0.717, 1.165) is 27.4 Å². The van der Waals surface area contributed by atoms with Crippen molar-refractivity contribution in [2.75, 3.05) is 32.6 Å². The quantitative estimate of drug-likeness (QED) is 0.0277. The molecule has 3 aliphatic rings. The van der Waals surface area contributed by atoms with Gasteiger partial charge in [-0.1, -0.05) is 30.1 Å². The smallest absolute Gasteiger partial charge is 0.311 e. The van der Waals surface area contributed by atoms with Crippen molar-refractivity contribution in [3.05, 3.63) is 48.6 Å². The van der Waals surface area contributed by atoms with Gasteiger partial charge in [0.1, 0.15) is 30.5 Å². The fraction of sp³-hybridized carbons (Fsp3) is 0.583. The van der Waals surface area contributed by atoms with Crippen molar-refractivity contribution in [1.82, 2.24) is 41.1 Å². The number of amides is 7. The Kier molecular flexibility index (Phi) is 19.1. The van der Waals surface area contributed by atoms with Crippen molar-refractivity contribution in [1.29, 1.82) is 0 Å². The normalized spacial score (nSPS) is 22.7. The number of nitrogens with one attached hydrogen (secondary N) is 7. The average molecular weight is 1120 g/mol. The van der Waals surface area contributed by atoms with E-state index in [1.165, 1.54) is 18.2 Å². The van der Waals surface area contributed by atoms with Crippen LogP contribution in [0.1, 0.15) is 92.6 Å². The number of aliphatic hydroxyl groups excluding tert-OH is 3. The number of imide groups is 1. The molecule has 72 heavy (non-hydrogen) atoms. The molecule has 2 saturated heterocycles. The number of rotatable bonds is 23. The number of hydrogen-bond acceptors (Lipinski definition) is 15. The maximum Gasteiger partial charge on any atom is 0.311 e. The van der Waals surface area contributed by atoms with Crippen molar-refractivity contribution < 1.29 is 62.9 Å². The number of aliphatic hydroxyl groups is 3. The second kappa shape index (κ2) is 24.7. The summed E-state index contributed by atoms with van der Waals surface area (Å²) in [5.41, 5.74) is 1.65. The van der Waals surface area contributed by atoms with Gasteiger partial charge < -0.3 is 46.1 Å². The minimum Gasteiger partial charge on any atom is -0.388 e. The second-order valence-electron chi connectivity index (χ2n) is 18.3. The van der Waals surface area contributed by atoms with Gasteiger partial charge in [0.15, 0.2) is 24.7 Å². The number of ether oxygens (including phenoxy) is 2. The Hall–Kier alpha value is -5.83. The van der Waals surface area contributed by atoms with Crippen LogP contribution in [0.3, 0.4) is 0 Å². The molecule has 3 fully saturated rings. The van der Waals surface area contributed by atoms with Crippen LogP contribution in [-0.2, 0) is 44.8 Å². The summed E-state index contributed by atoms with van der Waals surface area (Å²) < 4.78 is 14.9. The van der Waals surface area contributed by atoms with Gasteiger partial charge in [-0.15, -0.1) is 0 Å². The fourth-order valence-electron chi connectivity index (χ4n) is 8.61. The van der Waals surface area contributed by atoms with Gasteiger partial charge in [-0.05, 0) is 43.9 Å². The van der Waals surface area contributed by atoms with Gasteiger partial charge in [0, 0.05) is 12.1 Å². The summed E-state index contributed by atoms with van der Waals surface area (Å²) in [4.78, 5) is 104. The first-order valence-corrected chi connectivity index (χ1v) is 28.7. The van der Waals surface area contributed by atoms with E-state index >= 15 is 0 Å². The predicted octanol–water partition coefficient (Wildman–Crippen LogP) is 1.35. The molecule has 6 rings (SSSR count). The van der Waals surface area contributed by atoms with Gasteiger partial charge in [0.2, 0.25) is 11.4 Å². The number of likely N-dealkylation sites (tertiary alicyclic amines) is 1. The second-order valence-corrected chi connectivity index (χ2v) is 25.7. The molecule has 394 valence electrons. The maximum absolute atomic E-state index is 13.6. The molecular formula is C48H69IN11O12+. The first kappa shape index (κ1) is 55.5. The summed E-state index contributed by atoms with van der Waals surface area (Å²) in [7, 11) is 0. The summed E-state index contributed by atoms with van der Waals surface area (Å²) in [5.74, 6) is -2.84. The van der Waals surface area contributed by atoms with Crippen LogP contribution in [0.25, 0.3) is 16.9 Å². The molecule has 1 saturated carbocycles. The van der Waals surface area contributed by atoms with Gasteiger partial charge in [-0.25, -0.2) is 9.36 Å². The molecule has 4 heterocycles. The van der Waals surface area contributed by atoms with Crippen molar-refractivity contribution in [3.8, 4) is 0 Å². The molecule has 24 heteroatoms. The van der Waals surface area contributed by atoms with E-state index in [0.29, 0.717) is 22.4 Å². The molecule has 2 aliphatic heterocycles. The van der Waals surface area contributed by atoms with E-state index in [2.05, 4.69) is 53.8 Å². The number of H-pyrrole nitrogens is 1. The Morgan fingerprint density at radius 3 is 2.33 bits per heavy atom. The SMILES string of the molecule is C/C=C(/CCC)[n+]1c[nH]c2c(N[C@H]3O[C@@H](CO)[C@H](NC(=O)C4(NC(=O)OCc5ccc(NC(=O)[C@H](C)NC(=O)[C@@H](NC(=O)CCN6C(=O)CC(I(CC)CC)C6=O)C(C)C)cc5)CC4)[C@@H](O)[C@@H]3O)ncnc21. The van der Waals surface area contributed by atoms with Crippen LogP contribution in [0.15, 0.2) is 43.0 Å². The number of hydrogen-bond donors (Lipinski definition) is 10. The van der Waals surface area contributed by atoms with Crippen molar-refractivity contribution in [2.24, 2.45) is 5.92 Å². The summed E-state index contributed by atoms with van der Waals surface area (Å²) in [6.45, 7) is 12.2. The fourth-order valence-corrected chi connectivity index (χ4v) is 13.9. The third-order valence-corrected chi connectivity index (χ3v) is 20.0. The summed E-state index contributed by atoms with van der Waals surface area (Å²) in [6, 6.07) is 3.10. The number of alkyl carbamates (subject to hydrolysis) is 1. The number of alkyl halides is 3. The number of allylic oxidation sites excluding steroid dienone is 2. The van der Waals surface area contributed by atoms with E-state index in [1.54, 1.807) is 44.4 Å². The zero-order valence-electron chi connectivity index (χ0n) is 41.7. The van der Waals surface area contributed by atoms with Crippen LogP contribution in [-0.4, -0.2) is 151 Å². The molecule has 0 spiro atoms. The summed E-state index contributed by atoms with van der Waals surface area (Å²) >= 11 is -1.61. The zero-order chi connectivity index (χ0) is 52.4. The molecule has 0 bridgehead atoms.